The van der Waals surface area contributed by atoms with Crippen molar-refractivity contribution in [1.82, 2.24) is 14.7 Å². The van der Waals surface area contributed by atoms with E-state index in [0.29, 0.717) is 5.82 Å². The number of nitrogen functional groups attached to an aromatic ring is 1. The van der Waals surface area contributed by atoms with E-state index in [2.05, 4.69) is 10.00 Å². The maximum Gasteiger partial charge on any atom is 0.153 e. The van der Waals surface area contributed by atoms with E-state index >= 15 is 0 Å². The van der Waals surface area contributed by atoms with E-state index in [1.165, 1.54) is 25.8 Å². The standard InChI is InChI=1S/C17H21ClN4/c18-14-4-2-13(3-5-14)16-11-22(20-17(16)19)8-7-21-10-12-1-6-15(21)9-12/h2-5,11-12,15H,1,6-10H2,(H2,19,20). The van der Waals surface area contributed by atoms with Gasteiger partial charge in [0.15, 0.2) is 5.82 Å². The number of halogens is 1. The van der Waals surface area contributed by atoms with Gasteiger partial charge in [-0.25, -0.2) is 0 Å². The first-order chi connectivity index (χ1) is 10.7. The zero-order valence-corrected chi connectivity index (χ0v) is 13.3. The van der Waals surface area contributed by atoms with Crippen molar-refractivity contribution in [3.8, 4) is 11.1 Å². The average Bonchev–Trinajstić information content (AvgIpc) is 3.21. The van der Waals surface area contributed by atoms with E-state index in [4.69, 9.17) is 17.3 Å². The summed E-state index contributed by atoms with van der Waals surface area (Å²) in [6.07, 6.45) is 6.25. The van der Waals surface area contributed by atoms with Crippen LogP contribution in [0, 0.1) is 5.92 Å². The van der Waals surface area contributed by atoms with Crippen LogP contribution in [0.3, 0.4) is 0 Å². The molecule has 0 spiro atoms. The average molecular weight is 317 g/mol. The fraction of sp³-hybridized carbons (Fsp3) is 0.471. The molecule has 1 aromatic carbocycles. The molecule has 1 aliphatic carbocycles. The van der Waals surface area contributed by atoms with Gasteiger partial charge in [0.05, 0.1) is 6.54 Å². The van der Waals surface area contributed by atoms with Crippen LogP contribution in [0.25, 0.3) is 11.1 Å². The summed E-state index contributed by atoms with van der Waals surface area (Å²) in [5.41, 5.74) is 8.13. The molecule has 4 rings (SSSR count). The van der Waals surface area contributed by atoms with Crippen LogP contribution in [-0.4, -0.2) is 33.8 Å². The van der Waals surface area contributed by atoms with Gasteiger partial charge in [0.25, 0.3) is 0 Å². The van der Waals surface area contributed by atoms with Crippen molar-refractivity contribution in [2.75, 3.05) is 18.8 Å². The van der Waals surface area contributed by atoms with E-state index in [0.717, 1.165) is 41.2 Å². The summed E-state index contributed by atoms with van der Waals surface area (Å²) >= 11 is 5.94. The van der Waals surface area contributed by atoms with E-state index in [-0.39, 0.29) is 0 Å². The molecule has 4 nitrogen and oxygen atoms in total. The lowest BCUT2D eigenvalue weighted by atomic mass is 10.1. The van der Waals surface area contributed by atoms with Gasteiger partial charge >= 0.3 is 0 Å². The van der Waals surface area contributed by atoms with Gasteiger partial charge in [-0.1, -0.05) is 23.7 Å². The number of fused-ring (bicyclic) bond motifs is 2. The SMILES string of the molecule is Nc1nn(CCN2CC3CCC2C3)cc1-c1ccc(Cl)cc1. The summed E-state index contributed by atoms with van der Waals surface area (Å²) in [6, 6.07) is 8.55. The summed E-state index contributed by atoms with van der Waals surface area (Å²) in [6.45, 7) is 3.24. The van der Waals surface area contributed by atoms with Gasteiger partial charge in [-0.2, -0.15) is 5.10 Å². The number of benzene rings is 1. The molecule has 2 aliphatic rings. The third kappa shape index (κ3) is 2.61. The predicted molar refractivity (Wildman–Crippen MR) is 89.8 cm³/mol. The smallest absolute Gasteiger partial charge is 0.153 e. The molecule has 2 bridgehead atoms. The quantitative estimate of drug-likeness (QED) is 0.941. The first kappa shape index (κ1) is 14.1. The molecule has 2 aromatic rings. The molecule has 116 valence electrons. The van der Waals surface area contributed by atoms with E-state index < -0.39 is 0 Å². The zero-order valence-electron chi connectivity index (χ0n) is 12.6. The molecule has 5 heteroatoms. The predicted octanol–water partition coefficient (Wildman–Crippen LogP) is 3.27. The number of likely N-dealkylation sites (tertiary alicyclic amines) is 1. The summed E-state index contributed by atoms with van der Waals surface area (Å²) in [5, 5.41) is 5.20. The minimum absolute atomic E-state index is 0.588. The highest BCUT2D eigenvalue weighted by atomic mass is 35.5. The van der Waals surface area contributed by atoms with Gasteiger partial charge in [-0.15, -0.1) is 0 Å². The Balaban J connectivity index is 1.45. The number of piperidine rings is 1. The minimum Gasteiger partial charge on any atom is -0.382 e. The van der Waals surface area contributed by atoms with Crippen molar-refractivity contribution >= 4 is 17.4 Å². The lowest BCUT2D eigenvalue weighted by Gasteiger charge is -2.26. The van der Waals surface area contributed by atoms with Gasteiger partial charge in [0, 0.05) is 35.9 Å². The molecule has 0 radical (unpaired) electrons. The molecule has 1 aromatic heterocycles. The number of hydrogen-bond acceptors (Lipinski definition) is 3. The van der Waals surface area contributed by atoms with E-state index in [1.807, 2.05) is 35.1 Å². The Bertz CT molecular complexity index is 664. The van der Waals surface area contributed by atoms with Crippen LogP contribution < -0.4 is 5.73 Å². The summed E-state index contributed by atoms with van der Waals surface area (Å²) in [7, 11) is 0. The van der Waals surface area contributed by atoms with Gasteiger partial charge in [0.2, 0.25) is 0 Å². The lowest BCUT2D eigenvalue weighted by molar-refractivity contribution is 0.203. The third-order valence-corrected chi connectivity index (χ3v) is 5.34. The summed E-state index contributed by atoms with van der Waals surface area (Å²) < 4.78 is 1.98. The van der Waals surface area contributed by atoms with Crippen molar-refractivity contribution in [3.63, 3.8) is 0 Å². The third-order valence-electron chi connectivity index (χ3n) is 5.08. The molecule has 22 heavy (non-hydrogen) atoms. The Hall–Kier alpha value is -1.52. The van der Waals surface area contributed by atoms with Gasteiger partial charge < -0.3 is 5.73 Å². The van der Waals surface area contributed by atoms with Crippen LogP contribution in [-0.2, 0) is 6.54 Å². The van der Waals surface area contributed by atoms with Crippen molar-refractivity contribution in [3.05, 3.63) is 35.5 Å². The number of rotatable bonds is 4. The normalized spacial score (nSPS) is 24.2. The van der Waals surface area contributed by atoms with Crippen LogP contribution in [0.4, 0.5) is 5.82 Å². The Kier molecular flexibility index (Phi) is 3.59. The molecule has 0 amide bonds. The maximum atomic E-state index is 6.08. The first-order valence-electron chi connectivity index (χ1n) is 8.02. The number of nitrogens with zero attached hydrogens (tertiary/aromatic N) is 3. The van der Waals surface area contributed by atoms with Crippen LogP contribution in [0.2, 0.25) is 5.02 Å². The minimum atomic E-state index is 0.588. The molecule has 1 saturated heterocycles. The number of nitrogens with two attached hydrogens (primary N) is 1. The first-order valence-corrected chi connectivity index (χ1v) is 8.40. The molecule has 2 N–H and O–H groups in total. The molecule has 2 fully saturated rings. The largest absolute Gasteiger partial charge is 0.382 e. The molecule has 2 heterocycles. The van der Waals surface area contributed by atoms with E-state index in [9.17, 15) is 0 Å². The lowest BCUT2D eigenvalue weighted by Crippen LogP contribution is -2.34. The van der Waals surface area contributed by atoms with Crippen molar-refractivity contribution in [1.29, 1.82) is 0 Å². The number of hydrogen-bond donors (Lipinski definition) is 1. The van der Waals surface area contributed by atoms with Crippen molar-refractivity contribution in [2.24, 2.45) is 5.92 Å². The Labute approximate surface area is 135 Å². The van der Waals surface area contributed by atoms with Crippen LogP contribution in [0.15, 0.2) is 30.5 Å². The maximum absolute atomic E-state index is 6.08. The van der Waals surface area contributed by atoms with Crippen molar-refractivity contribution < 1.29 is 0 Å². The number of anilines is 1. The fourth-order valence-electron chi connectivity index (χ4n) is 3.93. The van der Waals surface area contributed by atoms with Gasteiger partial charge in [0.1, 0.15) is 0 Å². The molecule has 2 unspecified atom stereocenters. The van der Waals surface area contributed by atoms with Crippen LogP contribution >= 0.6 is 11.6 Å². The second-order valence-electron chi connectivity index (χ2n) is 6.53. The molecule has 1 saturated carbocycles. The molecule has 1 aliphatic heterocycles. The highest BCUT2D eigenvalue weighted by Crippen LogP contribution is 2.37. The number of aromatic nitrogens is 2. The fourth-order valence-corrected chi connectivity index (χ4v) is 4.06. The Morgan fingerprint density at radius 3 is 2.68 bits per heavy atom. The van der Waals surface area contributed by atoms with Gasteiger partial charge in [-0.05, 0) is 42.9 Å². The second-order valence-corrected chi connectivity index (χ2v) is 6.96. The Morgan fingerprint density at radius 2 is 2.00 bits per heavy atom. The highest BCUT2D eigenvalue weighted by Gasteiger charge is 2.37. The molecule has 2 atom stereocenters. The Morgan fingerprint density at radius 1 is 1.18 bits per heavy atom. The van der Waals surface area contributed by atoms with Gasteiger partial charge in [-0.3, -0.25) is 9.58 Å². The molecular weight excluding hydrogens is 296 g/mol. The molecular formula is C17H21ClN4. The van der Waals surface area contributed by atoms with Crippen LogP contribution in [0.5, 0.6) is 0 Å². The van der Waals surface area contributed by atoms with E-state index in [1.54, 1.807) is 0 Å². The van der Waals surface area contributed by atoms with Crippen LogP contribution in [0.1, 0.15) is 19.3 Å². The van der Waals surface area contributed by atoms with Crippen molar-refractivity contribution in [2.45, 2.75) is 31.8 Å². The second kappa shape index (κ2) is 5.60. The highest BCUT2D eigenvalue weighted by molar-refractivity contribution is 6.30. The summed E-state index contributed by atoms with van der Waals surface area (Å²) in [4.78, 5) is 2.62. The topological polar surface area (TPSA) is 47.1 Å². The monoisotopic (exact) mass is 316 g/mol. The zero-order chi connectivity index (χ0) is 15.1. The summed E-state index contributed by atoms with van der Waals surface area (Å²) in [5.74, 6) is 1.53.